The van der Waals surface area contributed by atoms with Crippen molar-refractivity contribution >= 4 is 13.7 Å². The highest BCUT2D eigenvalue weighted by atomic mass is 31.2. The van der Waals surface area contributed by atoms with Crippen LogP contribution in [0.5, 0.6) is 0 Å². The Kier molecular flexibility index (Phi) is 44.7. The highest BCUT2D eigenvalue weighted by molar-refractivity contribution is 7.46. The maximum atomic E-state index is 12.7. The van der Waals surface area contributed by atoms with Crippen LogP contribution in [-0.4, -0.2) is 39.6 Å². The van der Waals surface area contributed by atoms with Crippen molar-refractivity contribution in [1.29, 1.82) is 0 Å². The molecule has 0 saturated heterocycles. The molecule has 0 saturated carbocycles. The molecule has 4 N–H and O–H groups in total. The number of carbonyl (C=O) groups is 1. The van der Waals surface area contributed by atoms with Crippen LogP contribution in [0.1, 0.15) is 290 Å². The van der Waals surface area contributed by atoms with Crippen LogP contribution >= 0.6 is 7.82 Å². The molecule has 0 aromatic heterocycles. The molecule has 0 spiro atoms. The first-order valence-electron chi connectivity index (χ1n) is 25.5. The fourth-order valence-corrected chi connectivity index (χ4v) is 8.59. The third-order valence-electron chi connectivity index (χ3n) is 12.1. The zero-order valence-electron chi connectivity index (χ0n) is 38.3. The molecule has 0 radical (unpaired) electrons. The third kappa shape index (κ3) is 46.5. The smallest absolute Gasteiger partial charge is 0.391 e. The second-order valence-corrected chi connectivity index (χ2v) is 19.1. The quantitative estimate of drug-likeness (QED) is 0.0358. The number of nitrogens with one attached hydrogen (secondary N) is 1. The molecule has 0 heterocycles. The molecule has 0 fully saturated rings. The van der Waals surface area contributed by atoms with Gasteiger partial charge >= 0.3 is 7.82 Å². The minimum Gasteiger partial charge on any atom is -0.391 e. The highest BCUT2D eigenvalue weighted by Crippen LogP contribution is 2.36. The molecule has 8 heteroatoms. The molecule has 0 aromatic carbocycles. The second kappa shape index (κ2) is 45.1. The predicted molar refractivity (Wildman–Crippen MR) is 246 cm³/mol. The molecule has 0 rings (SSSR count). The van der Waals surface area contributed by atoms with E-state index in [0.29, 0.717) is 12.8 Å². The molecule has 1 amide bonds. The molecule has 0 aliphatic carbocycles. The molecule has 0 aliphatic rings. The largest absolute Gasteiger partial charge is 0.469 e. The number of phosphoric acid groups is 1. The maximum Gasteiger partial charge on any atom is 0.469 e. The molecule has 7 nitrogen and oxygen atoms in total. The van der Waals surface area contributed by atoms with E-state index in [1.165, 1.54) is 225 Å². The van der Waals surface area contributed by atoms with Gasteiger partial charge < -0.3 is 20.2 Å². The Bertz CT molecular complexity index is 854. The van der Waals surface area contributed by atoms with Crippen LogP contribution in [0.15, 0.2) is 0 Å². The Morgan fingerprint density at radius 3 is 0.947 bits per heavy atom. The number of aliphatic hydroxyl groups excluding tert-OH is 1. The van der Waals surface area contributed by atoms with E-state index in [-0.39, 0.29) is 5.91 Å². The van der Waals surface area contributed by atoms with Crippen LogP contribution < -0.4 is 5.32 Å². The van der Waals surface area contributed by atoms with Crippen molar-refractivity contribution in [2.45, 2.75) is 302 Å². The summed E-state index contributed by atoms with van der Waals surface area (Å²) in [5.74, 6) is -0.186. The van der Waals surface area contributed by atoms with Gasteiger partial charge in [0.05, 0.1) is 18.8 Å². The van der Waals surface area contributed by atoms with E-state index < -0.39 is 26.6 Å². The van der Waals surface area contributed by atoms with Gasteiger partial charge in [-0.15, -0.1) is 0 Å². The van der Waals surface area contributed by atoms with Crippen molar-refractivity contribution in [2.75, 3.05) is 6.61 Å². The lowest BCUT2D eigenvalue weighted by Gasteiger charge is -2.24. The summed E-state index contributed by atoms with van der Waals surface area (Å²) in [6.07, 6.45) is 54.0. The first-order valence-corrected chi connectivity index (χ1v) is 27.0. The van der Waals surface area contributed by atoms with Crippen LogP contribution in [0.2, 0.25) is 0 Å². The lowest BCUT2D eigenvalue weighted by molar-refractivity contribution is -0.123. The van der Waals surface area contributed by atoms with Crippen LogP contribution in [0.4, 0.5) is 0 Å². The van der Waals surface area contributed by atoms with Gasteiger partial charge in [0, 0.05) is 6.42 Å². The molecule has 0 aromatic rings. The summed E-state index contributed by atoms with van der Waals surface area (Å²) in [5, 5.41) is 13.6. The van der Waals surface area contributed by atoms with E-state index in [1.807, 2.05) is 0 Å². The van der Waals surface area contributed by atoms with Crippen molar-refractivity contribution in [2.24, 2.45) is 0 Å². The van der Waals surface area contributed by atoms with Gasteiger partial charge in [-0.05, 0) is 12.8 Å². The van der Waals surface area contributed by atoms with Gasteiger partial charge in [-0.3, -0.25) is 9.32 Å². The Balaban J connectivity index is 3.73. The van der Waals surface area contributed by atoms with Crippen LogP contribution in [0, 0.1) is 0 Å². The highest BCUT2D eigenvalue weighted by Gasteiger charge is 2.25. The van der Waals surface area contributed by atoms with Crippen LogP contribution in [-0.2, 0) is 13.9 Å². The standard InChI is InChI=1S/C49H100NO6P/c1-3-5-7-9-11-13-15-17-19-21-22-23-24-25-26-27-28-29-31-33-35-37-39-41-43-45-49(52)50-47(46-56-57(53,54)55)48(51)44-42-40-38-36-34-32-30-20-18-16-14-12-10-8-6-4-2/h47-48,51H,3-46H2,1-2H3,(H,50,52)(H2,53,54,55)/t47-,48+/m0/s1. The van der Waals surface area contributed by atoms with Gasteiger partial charge in [-0.25, -0.2) is 4.57 Å². The zero-order valence-corrected chi connectivity index (χ0v) is 39.2. The third-order valence-corrected chi connectivity index (χ3v) is 12.6. The van der Waals surface area contributed by atoms with Gasteiger partial charge in [0.2, 0.25) is 5.91 Å². The van der Waals surface area contributed by atoms with E-state index in [0.717, 1.165) is 38.5 Å². The van der Waals surface area contributed by atoms with E-state index in [1.54, 1.807) is 0 Å². The first kappa shape index (κ1) is 56.5. The van der Waals surface area contributed by atoms with Gasteiger partial charge in [0.25, 0.3) is 0 Å². The van der Waals surface area contributed by atoms with Gasteiger partial charge in [0.1, 0.15) is 0 Å². The zero-order chi connectivity index (χ0) is 41.8. The Hall–Kier alpha value is -0.460. The number of rotatable bonds is 48. The van der Waals surface area contributed by atoms with E-state index in [4.69, 9.17) is 4.52 Å². The summed E-state index contributed by atoms with van der Waals surface area (Å²) < 4.78 is 16.0. The van der Waals surface area contributed by atoms with Crippen molar-refractivity contribution < 1.29 is 28.8 Å². The Morgan fingerprint density at radius 1 is 0.439 bits per heavy atom. The molecule has 0 bridgehead atoms. The van der Waals surface area contributed by atoms with Crippen molar-refractivity contribution in [3.05, 3.63) is 0 Å². The van der Waals surface area contributed by atoms with Crippen molar-refractivity contribution in [1.82, 2.24) is 5.32 Å². The molecule has 342 valence electrons. The number of phosphoric ester groups is 1. The average Bonchev–Trinajstić information content (AvgIpc) is 3.18. The predicted octanol–water partition coefficient (Wildman–Crippen LogP) is 15.8. The summed E-state index contributed by atoms with van der Waals surface area (Å²) in [6, 6.07) is -0.819. The number of hydrogen-bond acceptors (Lipinski definition) is 4. The van der Waals surface area contributed by atoms with Crippen molar-refractivity contribution in [3.8, 4) is 0 Å². The molecular formula is C49H100NO6P. The summed E-state index contributed by atoms with van der Waals surface area (Å²) in [7, 11) is -4.69. The Labute approximate surface area is 355 Å². The van der Waals surface area contributed by atoms with Gasteiger partial charge in [-0.2, -0.15) is 0 Å². The summed E-state index contributed by atoms with van der Waals surface area (Å²) in [5.41, 5.74) is 0. The molecule has 0 unspecified atom stereocenters. The minimum absolute atomic E-state index is 0.186. The average molecular weight is 830 g/mol. The lowest BCUT2D eigenvalue weighted by atomic mass is 10.0. The lowest BCUT2D eigenvalue weighted by Crippen LogP contribution is -2.46. The number of aliphatic hydroxyl groups is 1. The van der Waals surface area contributed by atoms with Gasteiger partial charge in [-0.1, -0.05) is 271 Å². The molecule has 57 heavy (non-hydrogen) atoms. The summed E-state index contributed by atoms with van der Waals surface area (Å²) >= 11 is 0. The number of carbonyl (C=O) groups excluding carboxylic acids is 1. The molecular weight excluding hydrogens is 730 g/mol. The fraction of sp³-hybridized carbons (Fsp3) is 0.980. The van der Waals surface area contributed by atoms with E-state index >= 15 is 0 Å². The fourth-order valence-electron chi connectivity index (χ4n) is 8.23. The number of amides is 1. The SMILES string of the molecule is CCCCCCCCCCCCCCCCCCCCCCCCCCCC(=O)N[C@@H](COP(=O)(O)O)[C@H](O)CCCCCCCCCCCCCCCCCC. The first-order chi connectivity index (χ1) is 27.8. The monoisotopic (exact) mass is 830 g/mol. The van der Waals surface area contributed by atoms with E-state index in [2.05, 4.69) is 19.2 Å². The molecule has 0 aliphatic heterocycles. The number of unbranched alkanes of at least 4 members (excludes halogenated alkanes) is 39. The number of hydrogen-bond donors (Lipinski definition) is 4. The van der Waals surface area contributed by atoms with E-state index in [9.17, 15) is 24.3 Å². The normalized spacial score (nSPS) is 13.0. The topological polar surface area (TPSA) is 116 Å². The summed E-state index contributed by atoms with van der Waals surface area (Å²) in [6.45, 7) is 4.17. The van der Waals surface area contributed by atoms with Crippen molar-refractivity contribution in [3.63, 3.8) is 0 Å². The second-order valence-electron chi connectivity index (χ2n) is 17.9. The maximum absolute atomic E-state index is 12.7. The minimum atomic E-state index is -4.69. The molecule has 2 atom stereocenters. The van der Waals surface area contributed by atoms with Gasteiger partial charge in [0.15, 0.2) is 0 Å². The Morgan fingerprint density at radius 2 is 0.684 bits per heavy atom. The summed E-state index contributed by atoms with van der Waals surface area (Å²) in [4.78, 5) is 31.1. The van der Waals surface area contributed by atoms with Crippen LogP contribution in [0.3, 0.4) is 0 Å². The van der Waals surface area contributed by atoms with Crippen LogP contribution in [0.25, 0.3) is 0 Å².